The Labute approximate surface area is 183 Å². The third-order valence-corrected chi connectivity index (χ3v) is 5.33. The molecule has 7 N–H and O–H groups in total. The van der Waals surface area contributed by atoms with Gasteiger partial charge in [-0.1, -0.05) is 12.8 Å². The van der Waals surface area contributed by atoms with Gasteiger partial charge in [-0.2, -0.15) is 0 Å². The molecule has 14 heteroatoms. The lowest BCUT2D eigenvalue weighted by Gasteiger charge is -2.16. The molecule has 1 aromatic rings. The van der Waals surface area contributed by atoms with Gasteiger partial charge in [0.05, 0.1) is 12.2 Å². The molecule has 3 atom stereocenters. The second-order valence-electron chi connectivity index (χ2n) is 7.26. The van der Waals surface area contributed by atoms with E-state index in [9.17, 15) is 24.1 Å². The molecule has 1 fully saturated rings. The molecule has 0 spiro atoms. The number of carbonyl (C=O) groups excluding carboxylic acids is 1. The zero-order valence-electron chi connectivity index (χ0n) is 17.4. The van der Waals surface area contributed by atoms with Gasteiger partial charge in [-0.15, -0.1) is 0 Å². The van der Waals surface area contributed by atoms with E-state index >= 15 is 0 Å². The van der Waals surface area contributed by atoms with Gasteiger partial charge in [-0.3, -0.25) is 23.7 Å². The van der Waals surface area contributed by atoms with Gasteiger partial charge in [-0.25, -0.2) is 9.36 Å². The van der Waals surface area contributed by atoms with E-state index in [1.165, 1.54) is 6.08 Å². The molecule has 2 heterocycles. The van der Waals surface area contributed by atoms with Crippen molar-refractivity contribution in [3.63, 3.8) is 0 Å². The van der Waals surface area contributed by atoms with Gasteiger partial charge in [-0.05, 0) is 25.5 Å². The van der Waals surface area contributed by atoms with Crippen molar-refractivity contribution in [3.8, 4) is 0 Å². The van der Waals surface area contributed by atoms with Crippen molar-refractivity contribution in [1.29, 1.82) is 0 Å². The summed E-state index contributed by atoms with van der Waals surface area (Å²) in [5.74, 6) is -0.409. The lowest BCUT2D eigenvalue weighted by molar-refractivity contribution is -0.116. The molecule has 32 heavy (non-hydrogen) atoms. The third kappa shape index (κ3) is 8.10. The highest BCUT2D eigenvalue weighted by Gasteiger charge is 2.40. The van der Waals surface area contributed by atoms with Crippen LogP contribution in [0.3, 0.4) is 0 Å². The molecule has 1 unspecified atom stereocenters. The Bertz CT molecular complexity index is 955. The van der Waals surface area contributed by atoms with E-state index < -0.39 is 50.0 Å². The highest BCUT2D eigenvalue weighted by molar-refractivity contribution is 7.46. The molecule has 1 aromatic heterocycles. The molecule has 0 radical (unpaired) electrons. The number of ether oxygens (including phenoxy) is 1. The predicted molar refractivity (Wildman–Crippen MR) is 113 cm³/mol. The standard InChI is InChI=1S/C18H29N4O9P/c19-7-3-1-2-4-8-20-15(24)6-5-12-10-22(18(26)21-17(12)25)16-9-13(14(11-23)30-16)31-32(27,28)29/h5-6,10,13-14,16,23H,1-4,7-9,11,19H2,(H,20,24)(H,21,25,26)(H2,27,28,29)/t13?,14-,16-/m1/s1. The van der Waals surface area contributed by atoms with Gasteiger partial charge in [0.25, 0.3) is 5.56 Å². The molecule has 180 valence electrons. The van der Waals surface area contributed by atoms with Gasteiger partial charge in [0.2, 0.25) is 5.91 Å². The van der Waals surface area contributed by atoms with Gasteiger partial charge < -0.3 is 30.7 Å². The van der Waals surface area contributed by atoms with E-state index in [1.54, 1.807) is 0 Å². The third-order valence-electron chi connectivity index (χ3n) is 4.78. The van der Waals surface area contributed by atoms with E-state index in [2.05, 4.69) is 14.8 Å². The Kier molecular flexibility index (Phi) is 9.97. The first-order valence-corrected chi connectivity index (χ1v) is 11.7. The molecular formula is C18H29N4O9P. The molecule has 1 aliphatic rings. The summed E-state index contributed by atoms with van der Waals surface area (Å²) in [5, 5.41) is 12.1. The zero-order chi connectivity index (χ0) is 23.7. The largest absolute Gasteiger partial charge is 0.469 e. The number of hydrogen-bond acceptors (Lipinski definition) is 8. The van der Waals surface area contributed by atoms with Crippen LogP contribution in [0.1, 0.15) is 43.9 Å². The van der Waals surface area contributed by atoms with E-state index in [0.717, 1.165) is 42.5 Å². The number of nitrogens with two attached hydrogens (primary N) is 1. The van der Waals surface area contributed by atoms with Crippen molar-refractivity contribution in [2.75, 3.05) is 19.7 Å². The van der Waals surface area contributed by atoms with Gasteiger partial charge in [0, 0.05) is 25.2 Å². The summed E-state index contributed by atoms with van der Waals surface area (Å²) in [4.78, 5) is 56.3. The van der Waals surface area contributed by atoms with Crippen LogP contribution in [0.4, 0.5) is 0 Å². The molecule has 13 nitrogen and oxygen atoms in total. The number of carbonyl (C=O) groups is 1. The van der Waals surface area contributed by atoms with Crippen LogP contribution in [0.25, 0.3) is 6.08 Å². The van der Waals surface area contributed by atoms with Crippen LogP contribution < -0.4 is 22.3 Å². The van der Waals surface area contributed by atoms with E-state index in [4.69, 9.17) is 20.3 Å². The highest BCUT2D eigenvalue weighted by Crippen LogP contribution is 2.43. The number of unbranched alkanes of at least 4 members (excludes halogenated alkanes) is 3. The summed E-state index contributed by atoms with van der Waals surface area (Å²) in [6, 6.07) is 0. The maximum absolute atomic E-state index is 12.2. The summed E-state index contributed by atoms with van der Waals surface area (Å²) in [7, 11) is -4.85. The fourth-order valence-corrected chi connectivity index (χ4v) is 3.79. The Morgan fingerprint density at radius 1 is 1.34 bits per heavy atom. The Hall–Kier alpha value is -2.12. The monoisotopic (exact) mass is 476 g/mol. The maximum atomic E-state index is 12.2. The van der Waals surface area contributed by atoms with Crippen molar-refractivity contribution in [3.05, 3.63) is 38.7 Å². The number of nitrogens with one attached hydrogen (secondary N) is 2. The number of rotatable bonds is 12. The fourth-order valence-electron chi connectivity index (χ4n) is 3.21. The number of aromatic amines is 1. The van der Waals surface area contributed by atoms with Crippen LogP contribution in [0.2, 0.25) is 0 Å². The number of aliphatic hydroxyl groups excluding tert-OH is 1. The Morgan fingerprint density at radius 2 is 2.06 bits per heavy atom. The fraction of sp³-hybridized carbons (Fsp3) is 0.611. The number of hydrogen-bond donors (Lipinski definition) is 6. The quantitative estimate of drug-likeness (QED) is 0.122. The summed E-state index contributed by atoms with van der Waals surface area (Å²) in [5.41, 5.74) is 3.86. The lowest BCUT2D eigenvalue weighted by atomic mass is 10.2. The second-order valence-corrected chi connectivity index (χ2v) is 8.45. The first kappa shape index (κ1) is 26.1. The number of aromatic nitrogens is 2. The molecule has 0 aromatic carbocycles. The van der Waals surface area contributed by atoms with Gasteiger partial charge in [0.15, 0.2) is 0 Å². The molecule has 0 aliphatic carbocycles. The molecule has 0 saturated carbocycles. The van der Waals surface area contributed by atoms with Crippen LogP contribution in [-0.2, 0) is 18.6 Å². The van der Waals surface area contributed by atoms with Crippen molar-refractivity contribution in [2.45, 2.75) is 50.5 Å². The zero-order valence-corrected chi connectivity index (χ0v) is 18.3. The van der Waals surface area contributed by atoms with E-state index in [-0.39, 0.29) is 12.0 Å². The predicted octanol–water partition coefficient (Wildman–Crippen LogP) is -1.06. The molecule has 2 rings (SSSR count). The summed E-state index contributed by atoms with van der Waals surface area (Å²) < 4.78 is 22.2. The number of aliphatic hydroxyl groups is 1. The van der Waals surface area contributed by atoms with Crippen molar-refractivity contribution in [1.82, 2.24) is 14.9 Å². The molecule has 1 amide bonds. The van der Waals surface area contributed by atoms with Crippen LogP contribution in [0.5, 0.6) is 0 Å². The number of nitrogens with zero attached hydrogens (tertiary/aromatic N) is 1. The van der Waals surface area contributed by atoms with Crippen LogP contribution in [0.15, 0.2) is 21.9 Å². The Morgan fingerprint density at radius 3 is 2.72 bits per heavy atom. The summed E-state index contributed by atoms with van der Waals surface area (Å²) >= 11 is 0. The summed E-state index contributed by atoms with van der Waals surface area (Å²) in [6.07, 6.45) is 3.76. The molecule has 1 saturated heterocycles. The topological polar surface area (TPSA) is 206 Å². The smallest absolute Gasteiger partial charge is 0.394 e. The molecule has 1 aliphatic heterocycles. The first-order valence-electron chi connectivity index (χ1n) is 10.2. The minimum absolute atomic E-state index is 0.00815. The number of H-pyrrole nitrogens is 1. The first-order chi connectivity index (χ1) is 15.1. The number of amides is 1. The maximum Gasteiger partial charge on any atom is 0.469 e. The van der Waals surface area contributed by atoms with E-state index in [1.807, 2.05) is 0 Å². The molecular weight excluding hydrogens is 447 g/mol. The lowest BCUT2D eigenvalue weighted by Crippen LogP contribution is -2.33. The van der Waals surface area contributed by atoms with Crippen LogP contribution in [0, 0.1) is 0 Å². The minimum atomic E-state index is -4.85. The SMILES string of the molecule is NCCCCCCNC(=O)C=Cc1cn([C@H]2CC(OP(=O)(O)O)[C@@H](CO)O2)c(=O)[nH]c1=O. The average molecular weight is 476 g/mol. The number of phosphoric acid groups is 1. The second kappa shape index (κ2) is 12.2. The average Bonchev–Trinajstić information content (AvgIpc) is 3.10. The van der Waals surface area contributed by atoms with Crippen LogP contribution in [-0.4, -0.2) is 62.3 Å². The van der Waals surface area contributed by atoms with Crippen LogP contribution >= 0.6 is 7.82 Å². The van der Waals surface area contributed by atoms with Crippen molar-refractivity contribution in [2.24, 2.45) is 5.73 Å². The normalized spacial score (nSPS) is 21.3. The van der Waals surface area contributed by atoms with E-state index in [0.29, 0.717) is 13.1 Å². The number of phosphoric ester groups is 1. The molecule has 0 bridgehead atoms. The highest BCUT2D eigenvalue weighted by atomic mass is 31.2. The van der Waals surface area contributed by atoms with Gasteiger partial charge >= 0.3 is 13.5 Å². The Balaban J connectivity index is 2.05. The summed E-state index contributed by atoms with van der Waals surface area (Å²) in [6.45, 7) is 0.511. The van der Waals surface area contributed by atoms with Gasteiger partial charge in [0.1, 0.15) is 18.4 Å². The minimum Gasteiger partial charge on any atom is -0.394 e. The van der Waals surface area contributed by atoms with Crippen molar-refractivity contribution < 1.29 is 33.5 Å². The van der Waals surface area contributed by atoms with Crippen molar-refractivity contribution >= 4 is 19.8 Å².